The molecule has 10 heteroatoms. The van der Waals surface area contributed by atoms with Crippen LogP contribution in [0, 0.1) is 0 Å². The molecule has 0 bridgehead atoms. The van der Waals surface area contributed by atoms with Crippen molar-refractivity contribution in [2.45, 2.75) is 18.4 Å². The predicted molar refractivity (Wildman–Crippen MR) is 120 cm³/mol. The van der Waals surface area contributed by atoms with Crippen molar-refractivity contribution in [3.63, 3.8) is 0 Å². The zero-order valence-corrected chi connectivity index (χ0v) is 18.7. The maximum absolute atomic E-state index is 13.2. The highest BCUT2D eigenvalue weighted by Crippen LogP contribution is 2.24. The summed E-state index contributed by atoms with van der Waals surface area (Å²) >= 11 is 1.50. The molecule has 0 aliphatic carbocycles. The highest BCUT2D eigenvalue weighted by molar-refractivity contribution is 7.92. The maximum Gasteiger partial charge on any atom is 0.338 e. The number of thiophene rings is 1. The van der Waals surface area contributed by atoms with E-state index in [0.29, 0.717) is 11.5 Å². The van der Waals surface area contributed by atoms with Gasteiger partial charge in [-0.2, -0.15) is 16.3 Å². The molecule has 8 nitrogen and oxygen atoms in total. The Morgan fingerprint density at radius 3 is 2.66 bits per heavy atom. The number of rotatable bonds is 8. The lowest BCUT2D eigenvalue weighted by molar-refractivity contribution is 0.0429. The molecule has 0 saturated carbocycles. The number of para-hydroxylation sites is 1. The molecule has 164 valence electrons. The second kappa shape index (κ2) is 9.33. The van der Waals surface area contributed by atoms with Gasteiger partial charge in [-0.05, 0) is 48.7 Å². The Labute approximate surface area is 189 Å². The molecule has 32 heavy (non-hydrogen) atoms. The predicted octanol–water partition coefficient (Wildman–Crippen LogP) is 4.37. The Kier molecular flexibility index (Phi) is 6.33. The number of sulfonamides is 1. The van der Waals surface area contributed by atoms with E-state index in [2.05, 4.69) is 10.1 Å². The van der Waals surface area contributed by atoms with Crippen LogP contribution in [-0.2, 0) is 21.4 Å². The average Bonchev–Trinajstić information content (AvgIpc) is 3.51. The highest BCUT2D eigenvalue weighted by atomic mass is 32.2. The Morgan fingerprint density at radius 2 is 1.94 bits per heavy atom. The minimum Gasteiger partial charge on any atom is -0.452 e. The smallest absolute Gasteiger partial charge is 0.338 e. The fourth-order valence-corrected chi connectivity index (χ4v) is 5.18. The Bertz CT molecular complexity index is 1300. The number of aromatic nitrogens is 2. The third-order valence-corrected chi connectivity index (χ3v) is 7.15. The van der Waals surface area contributed by atoms with Crippen LogP contribution in [0.15, 0.2) is 80.8 Å². The molecule has 0 radical (unpaired) electrons. The van der Waals surface area contributed by atoms with E-state index in [4.69, 9.17) is 9.26 Å². The van der Waals surface area contributed by atoms with E-state index in [1.807, 2.05) is 22.9 Å². The van der Waals surface area contributed by atoms with Gasteiger partial charge in [0.25, 0.3) is 15.9 Å². The molecule has 0 N–H and O–H groups in total. The first-order valence-corrected chi connectivity index (χ1v) is 12.1. The third-order valence-electron chi connectivity index (χ3n) is 4.56. The number of carbonyl (C=O) groups is 1. The van der Waals surface area contributed by atoms with Crippen molar-refractivity contribution in [3.8, 4) is 11.4 Å². The first kappa shape index (κ1) is 21.7. The summed E-state index contributed by atoms with van der Waals surface area (Å²) in [5, 5.41) is 7.63. The molecule has 2 aromatic heterocycles. The molecule has 0 spiro atoms. The van der Waals surface area contributed by atoms with Gasteiger partial charge >= 0.3 is 5.97 Å². The number of ether oxygens (including phenoxy) is 1. The minimum atomic E-state index is -3.86. The fraction of sp³-hybridized carbons (Fsp3) is 0.136. The second-order valence-electron chi connectivity index (χ2n) is 6.63. The van der Waals surface area contributed by atoms with Crippen molar-refractivity contribution in [1.82, 2.24) is 10.1 Å². The molecule has 4 aromatic rings. The van der Waals surface area contributed by atoms with Gasteiger partial charge in [-0.25, -0.2) is 13.2 Å². The van der Waals surface area contributed by atoms with Crippen LogP contribution in [0.25, 0.3) is 11.4 Å². The van der Waals surface area contributed by atoms with Crippen molar-refractivity contribution < 1.29 is 22.5 Å². The quantitative estimate of drug-likeness (QED) is 0.353. The van der Waals surface area contributed by atoms with Crippen LogP contribution in [0.2, 0.25) is 0 Å². The topological polar surface area (TPSA) is 103 Å². The Morgan fingerprint density at radius 1 is 1.12 bits per heavy atom. The fourth-order valence-electron chi connectivity index (χ4n) is 3.03. The van der Waals surface area contributed by atoms with Gasteiger partial charge in [0.1, 0.15) is 0 Å². The summed E-state index contributed by atoms with van der Waals surface area (Å²) in [6.07, 6.45) is 0. The summed E-state index contributed by atoms with van der Waals surface area (Å²) in [5.41, 5.74) is 1.46. The molecule has 0 atom stereocenters. The van der Waals surface area contributed by atoms with Crippen LogP contribution >= 0.6 is 11.3 Å². The van der Waals surface area contributed by atoms with Gasteiger partial charge < -0.3 is 9.26 Å². The third kappa shape index (κ3) is 4.56. The average molecular weight is 470 g/mol. The molecule has 2 heterocycles. The lowest BCUT2D eigenvalue weighted by atomic mass is 10.2. The summed E-state index contributed by atoms with van der Waals surface area (Å²) in [4.78, 5) is 16.7. The highest BCUT2D eigenvalue weighted by Gasteiger charge is 2.24. The SMILES string of the molecule is CCN(c1ccccc1)S(=O)(=O)c1cccc(C(=O)OCc2nc(-c3ccsc3)no2)c1. The van der Waals surface area contributed by atoms with Crippen LogP contribution in [-0.4, -0.2) is 31.1 Å². The molecule has 0 saturated heterocycles. The first-order valence-electron chi connectivity index (χ1n) is 9.69. The normalized spacial score (nSPS) is 11.3. The van der Waals surface area contributed by atoms with Gasteiger partial charge in [0.15, 0.2) is 6.61 Å². The van der Waals surface area contributed by atoms with E-state index < -0.39 is 16.0 Å². The number of anilines is 1. The summed E-state index contributed by atoms with van der Waals surface area (Å²) < 4.78 is 38.0. The standard InChI is InChI=1S/C22H19N3O5S2/c1-2-25(18-8-4-3-5-9-18)32(27,28)19-10-6-7-16(13-19)22(26)29-14-20-23-21(24-30-20)17-11-12-31-15-17/h3-13,15H,2,14H2,1H3. The van der Waals surface area contributed by atoms with Crippen LogP contribution in [0.3, 0.4) is 0 Å². The van der Waals surface area contributed by atoms with Gasteiger partial charge in [0.05, 0.1) is 16.1 Å². The Balaban J connectivity index is 1.49. The molecular formula is C22H19N3O5S2. The first-order chi connectivity index (χ1) is 15.5. The van der Waals surface area contributed by atoms with Gasteiger partial charge in [-0.15, -0.1) is 0 Å². The molecule has 4 rings (SSSR count). The summed E-state index contributed by atoms with van der Waals surface area (Å²) in [5.74, 6) is -0.143. The minimum absolute atomic E-state index is 0.00446. The molecule has 0 fully saturated rings. The summed E-state index contributed by atoms with van der Waals surface area (Å²) in [7, 11) is -3.86. The van der Waals surface area contributed by atoms with E-state index in [1.165, 1.54) is 39.9 Å². The van der Waals surface area contributed by atoms with Crippen molar-refractivity contribution in [2.75, 3.05) is 10.8 Å². The Hall–Kier alpha value is -3.50. The van der Waals surface area contributed by atoms with Crippen LogP contribution < -0.4 is 4.31 Å². The van der Waals surface area contributed by atoms with E-state index in [1.54, 1.807) is 31.2 Å². The molecule has 2 aromatic carbocycles. The molecule has 0 unspecified atom stereocenters. The number of nitrogens with zero attached hydrogens (tertiary/aromatic N) is 3. The molecule has 0 aliphatic rings. The van der Waals surface area contributed by atoms with Crippen molar-refractivity contribution in [3.05, 3.63) is 82.9 Å². The maximum atomic E-state index is 13.2. The van der Waals surface area contributed by atoms with Crippen LogP contribution in [0.5, 0.6) is 0 Å². The van der Waals surface area contributed by atoms with Crippen LogP contribution in [0.1, 0.15) is 23.2 Å². The monoisotopic (exact) mass is 469 g/mol. The van der Waals surface area contributed by atoms with E-state index in [9.17, 15) is 13.2 Å². The van der Waals surface area contributed by atoms with Gasteiger partial charge in [0.2, 0.25) is 5.82 Å². The largest absolute Gasteiger partial charge is 0.452 e. The van der Waals surface area contributed by atoms with E-state index in [-0.39, 0.29) is 29.5 Å². The zero-order valence-electron chi connectivity index (χ0n) is 17.0. The van der Waals surface area contributed by atoms with Crippen molar-refractivity contribution >= 4 is 33.0 Å². The second-order valence-corrected chi connectivity index (χ2v) is 9.28. The number of hydrogen-bond donors (Lipinski definition) is 0. The zero-order chi connectivity index (χ0) is 22.6. The lowest BCUT2D eigenvalue weighted by Crippen LogP contribution is -2.30. The number of benzene rings is 2. The van der Waals surface area contributed by atoms with Crippen molar-refractivity contribution in [1.29, 1.82) is 0 Å². The van der Waals surface area contributed by atoms with Crippen LogP contribution in [0.4, 0.5) is 5.69 Å². The summed E-state index contributed by atoms with van der Waals surface area (Å²) in [6, 6.07) is 16.4. The number of esters is 1. The lowest BCUT2D eigenvalue weighted by Gasteiger charge is -2.23. The molecule has 0 amide bonds. The van der Waals surface area contributed by atoms with E-state index in [0.717, 1.165) is 5.56 Å². The van der Waals surface area contributed by atoms with Gasteiger partial charge in [0, 0.05) is 17.5 Å². The number of hydrogen-bond acceptors (Lipinski definition) is 8. The molecular weight excluding hydrogens is 450 g/mol. The van der Waals surface area contributed by atoms with Crippen molar-refractivity contribution in [2.24, 2.45) is 0 Å². The number of carbonyl (C=O) groups excluding carboxylic acids is 1. The van der Waals surface area contributed by atoms with Gasteiger partial charge in [-0.3, -0.25) is 4.31 Å². The molecule has 0 aliphatic heterocycles. The summed E-state index contributed by atoms with van der Waals surface area (Å²) in [6.45, 7) is 1.76. The van der Waals surface area contributed by atoms with E-state index >= 15 is 0 Å². The van der Waals surface area contributed by atoms with Gasteiger partial charge in [-0.1, -0.05) is 29.4 Å².